The Morgan fingerprint density at radius 1 is 1.04 bits per heavy atom. The van der Waals surface area contributed by atoms with Gasteiger partial charge in [0.25, 0.3) is 0 Å². The molecule has 0 saturated heterocycles. The Hall–Kier alpha value is -3.44. The summed E-state index contributed by atoms with van der Waals surface area (Å²) in [4.78, 5) is 28.6. The van der Waals surface area contributed by atoms with Crippen molar-refractivity contribution in [3.63, 3.8) is 0 Å². The maximum Gasteiger partial charge on any atom is 0.343 e. The molecule has 0 bridgehead atoms. The third-order valence-electron chi connectivity index (χ3n) is 3.94. The van der Waals surface area contributed by atoms with Crippen molar-refractivity contribution >= 4 is 29.4 Å². The number of benzene rings is 2. The molecule has 0 saturated carbocycles. The average Bonchev–Trinajstić information content (AvgIpc) is 2.98. The van der Waals surface area contributed by atoms with Gasteiger partial charge in [-0.3, -0.25) is 9.78 Å². The summed E-state index contributed by atoms with van der Waals surface area (Å²) in [7, 11) is 0. The van der Waals surface area contributed by atoms with Gasteiger partial charge in [-0.15, -0.1) is 0 Å². The first-order chi connectivity index (χ1) is 13.1. The van der Waals surface area contributed by atoms with Crippen molar-refractivity contribution in [1.29, 1.82) is 0 Å². The molecule has 0 unspecified atom stereocenters. The molecule has 5 nitrogen and oxygen atoms in total. The Bertz CT molecular complexity index is 1060. The third kappa shape index (κ3) is 3.59. The topological polar surface area (TPSA) is 65.5 Å². The highest BCUT2D eigenvalue weighted by molar-refractivity contribution is 6.30. The van der Waals surface area contributed by atoms with E-state index in [1.165, 1.54) is 6.07 Å². The van der Waals surface area contributed by atoms with Crippen molar-refractivity contribution in [2.24, 2.45) is 0 Å². The van der Waals surface area contributed by atoms with Gasteiger partial charge in [-0.2, -0.15) is 0 Å². The van der Waals surface area contributed by atoms with Crippen LogP contribution >= 0.6 is 11.6 Å². The maximum absolute atomic E-state index is 12.5. The van der Waals surface area contributed by atoms with Crippen LogP contribution in [0.5, 0.6) is 11.5 Å². The van der Waals surface area contributed by atoms with Crippen LogP contribution in [0.25, 0.3) is 6.08 Å². The zero-order valence-corrected chi connectivity index (χ0v) is 14.6. The average molecular weight is 378 g/mol. The van der Waals surface area contributed by atoms with E-state index in [2.05, 4.69) is 4.98 Å². The summed E-state index contributed by atoms with van der Waals surface area (Å²) >= 11 is 5.82. The summed E-state index contributed by atoms with van der Waals surface area (Å²) in [6.45, 7) is 0. The first kappa shape index (κ1) is 17.0. The molecule has 0 spiro atoms. The van der Waals surface area contributed by atoms with Crippen LogP contribution in [0.4, 0.5) is 0 Å². The van der Waals surface area contributed by atoms with Gasteiger partial charge in [0.05, 0.1) is 11.1 Å². The molecule has 4 rings (SSSR count). The number of rotatable bonds is 3. The fraction of sp³-hybridized carbons (Fsp3) is 0. The molecule has 2 aromatic carbocycles. The van der Waals surface area contributed by atoms with Gasteiger partial charge in [-0.25, -0.2) is 4.79 Å². The van der Waals surface area contributed by atoms with Crippen LogP contribution in [0, 0.1) is 0 Å². The number of allylic oxidation sites excluding steroid dienone is 1. The molecule has 0 N–H and O–H groups in total. The zero-order chi connectivity index (χ0) is 18.8. The molecule has 0 aliphatic carbocycles. The number of aromatic nitrogens is 1. The van der Waals surface area contributed by atoms with Crippen LogP contribution in [0.15, 0.2) is 72.8 Å². The largest absolute Gasteiger partial charge is 0.452 e. The lowest BCUT2D eigenvalue weighted by molar-refractivity contribution is 0.0734. The number of carbonyl (C=O) groups is 2. The molecule has 132 valence electrons. The van der Waals surface area contributed by atoms with Crippen molar-refractivity contribution in [2.75, 3.05) is 0 Å². The van der Waals surface area contributed by atoms with Crippen molar-refractivity contribution < 1.29 is 19.1 Å². The summed E-state index contributed by atoms with van der Waals surface area (Å²) in [5, 5.41) is 0.532. The van der Waals surface area contributed by atoms with E-state index in [9.17, 15) is 9.59 Å². The highest BCUT2D eigenvalue weighted by Crippen LogP contribution is 2.35. The summed E-state index contributed by atoms with van der Waals surface area (Å²) in [6, 6.07) is 14.6. The van der Waals surface area contributed by atoms with Crippen LogP contribution in [0.1, 0.15) is 26.3 Å². The molecule has 1 aliphatic rings. The smallest absolute Gasteiger partial charge is 0.343 e. The van der Waals surface area contributed by atoms with Crippen LogP contribution < -0.4 is 9.47 Å². The molecule has 1 aromatic heterocycles. The van der Waals surface area contributed by atoms with E-state index in [-0.39, 0.29) is 17.3 Å². The van der Waals surface area contributed by atoms with Crippen LogP contribution in [0.2, 0.25) is 5.02 Å². The number of esters is 1. The summed E-state index contributed by atoms with van der Waals surface area (Å²) < 4.78 is 11.0. The predicted molar refractivity (Wildman–Crippen MR) is 100 cm³/mol. The van der Waals surface area contributed by atoms with Crippen LogP contribution in [0.3, 0.4) is 0 Å². The molecule has 0 atom stereocenters. The number of nitrogens with zero attached hydrogens (tertiary/aromatic N) is 1. The molecular formula is C21H12ClNO4. The molecule has 0 radical (unpaired) electrons. The minimum Gasteiger partial charge on any atom is -0.452 e. The Morgan fingerprint density at radius 2 is 1.78 bits per heavy atom. The molecule has 27 heavy (non-hydrogen) atoms. The van der Waals surface area contributed by atoms with Gasteiger partial charge in [0.2, 0.25) is 5.78 Å². The van der Waals surface area contributed by atoms with E-state index in [4.69, 9.17) is 21.1 Å². The van der Waals surface area contributed by atoms with E-state index < -0.39 is 5.97 Å². The number of Topliss-reactive ketones (excluding diaryl/α,β-unsaturated/α-hetero) is 1. The van der Waals surface area contributed by atoms with E-state index in [1.807, 2.05) is 0 Å². The highest BCUT2D eigenvalue weighted by atomic mass is 35.5. The molecule has 3 aromatic rings. The Kier molecular flexibility index (Phi) is 4.44. The van der Waals surface area contributed by atoms with Gasteiger partial charge >= 0.3 is 5.97 Å². The Balaban J connectivity index is 1.55. The zero-order valence-electron chi connectivity index (χ0n) is 13.9. The van der Waals surface area contributed by atoms with Crippen LogP contribution in [-0.4, -0.2) is 16.7 Å². The SMILES string of the molecule is O=C(Oc1ccc2c(c1)OC(=Cc1ccncc1)C2=O)c1ccc(Cl)cc1. The molecule has 2 heterocycles. The minimum atomic E-state index is -0.525. The predicted octanol–water partition coefficient (Wildman–Crippen LogP) is 4.57. The van der Waals surface area contributed by atoms with Crippen molar-refractivity contribution in [3.05, 3.63) is 94.5 Å². The summed E-state index contributed by atoms with van der Waals surface area (Å²) in [6.07, 6.45) is 4.91. The molecule has 0 amide bonds. The third-order valence-corrected chi connectivity index (χ3v) is 4.19. The lowest BCUT2D eigenvalue weighted by Crippen LogP contribution is -2.08. The number of ketones is 1. The fourth-order valence-electron chi connectivity index (χ4n) is 2.59. The second kappa shape index (κ2) is 7.05. The van der Waals surface area contributed by atoms with Gasteiger partial charge in [0, 0.05) is 23.5 Å². The van der Waals surface area contributed by atoms with Crippen molar-refractivity contribution in [2.45, 2.75) is 0 Å². The number of halogens is 1. The number of hydrogen-bond acceptors (Lipinski definition) is 5. The van der Waals surface area contributed by atoms with Crippen molar-refractivity contribution in [1.82, 2.24) is 4.98 Å². The van der Waals surface area contributed by atoms with E-state index >= 15 is 0 Å². The van der Waals surface area contributed by atoms with Crippen LogP contribution in [-0.2, 0) is 0 Å². The molecule has 0 fully saturated rings. The van der Waals surface area contributed by atoms with Crippen molar-refractivity contribution in [3.8, 4) is 11.5 Å². The highest BCUT2D eigenvalue weighted by Gasteiger charge is 2.28. The lowest BCUT2D eigenvalue weighted by atomic mass is 10.1. The molecule has 1 aliphatic heterocycles. The monoisotopic (exact) mass is 377 g/mol. The fourth-order valence-corrected chi connectivity index (χ4v) is 2.72. The van der Waals surface area contributed by atoms with Gasteiger partial charge in [-0.05, 0) is 60.2 Å². The number of pyridine rings is 1. The van der Waals surface area contributed by atoms with E-state index in [1.54, 1.807) is 67.0 Å². The first-order valence-corrected chi connectivity index (χ1v) is 8.44. The maximum atomic E-state index is 12.5. The Labute approximate surface area is 159 Å². The number of carbonyl (C=O) groups excluding carboxylic acids is 2. The summed E-state index contributed by atoms with van der Waals surface area (Å²) in [5.41, 5.74) is 1.59. The Morgan fingerprint density at radius 3 is 2.52 bits per heavy atom. The second-order valence-corrected chi connectivity index (χ2v) is 6.21. The van der Waals surface area contributed by atoms with Gasteiger partial charge < -0.3 is 9.47 Å². The summed E-state index contributed by atoms with van der Waals surface area (Å²) in [5.74, 6) is 0.0895. The standard InChI is InChI=1S/C21H12ClNO4/c22-15-3-1-14(2-4-15)21(25)26-16-5-6-17-18(12-16)27-19(20(17)24)11-13-7-9-23-10-8-13/h1-12H. The van der Waals surface area contributed by atoms with Gasteiger partial charge in [0.1, 0.15) is 11.5 Å². The van der Waals surface area contributed by atoms with E-state index in [0.29, 0.717) is 21.9 Å². The minimum absolute atomic E-state index is 0.206. The second-order valence-electron chi connectivity index (χ2n) is 5.77. The number of ether oxygens (including phenoxy) is 2. The first-order valence-electron chi connectivity index (χ1n) is 8.06. The van der Waals surface area contributed by atoms with E-state index in [0.717, 1.165) is 5.56 Å². The van der Waals surface area contributed by atoms with Gasteiger partial charge in [-0.1, -0.05) is 11.6 Å². The molecule has 6 heteroatoms. The molecular weight excluding hydrogens is 366 g/mol. The lowest BCUT2D eigenvalue weighted by Gasteiger charge is -2.05. The van der Waals surface area contributed by atoms with Gasteiger partial charge in [0.15, 0.2) is 5.76 Å². The number of hydrogen-bond donors (Lipinski definition) is 0. The quantitative estimate of drug-likeness (QED) is 0.380. The normalized spacial score (nSPS) is 14.0. The number of fused-ring (bicyclic) bond motifs is 1.